The molecule has 134 valence electrons. The zero-order valence-electron chi connectivity index (χ0n) is 15.0. The first-order valence-electron chi connectivity index (χ1n) is 8.59. The maximum absolute atomic E-state index is 11.8. The van der Waals surface area contributed by atoms with Gasteiger partial charge in [-0.1, -0.05) is 26.0 Å². The van der Waals surface area contributed by atoms with Crippen molar-refractivity contribution in [1.82, 2.24) is 5.32 Å². The quantitative estimate of drug-likeness (QED) is 0.699. The molecule has 0 atom stereocenters. The summed E-state index contributed by atoms with van der Waals surface area (Å²) in [6.45, 7) is 7.70. The molecule has 0 aromatic heterocycles. The lowest BCUT2D eigenvalue weighted by atomic mass is 10.0. The fourth-order valence-electron chi connectivity index (χ4n) is 2.26. The fraction of sp³-hybridized carbons (Fsp3) is 0.350. The van der Waals surface area contributed by atoms with E-state index in [1.807, 2.05) is 31.2 Å². The monoisotopic (exact) mass is 342 g/mol. The molecule has 2 aromatic carbocycles. The van der Waals surface area contributed by atoms with Crippen molar-refractivity contribution in [3.63, 3.8) is 0 Å². The van der Waals surface area contributed by atoms with Crippen LogP contribution in [0.3, 0.4) is 0 Å². The molecule has 0 aliphatic rings. The van der Waals surface area contributed by atoms with Crippen LogP contribution in [0.4, 0.5) is 10.5 Å². The van der Waals surface area contributed by atoms with E-state index >= 15 is 0 Å². The lowest BCUT2D eigenvalue weighted by Gasteiger charge is -2.11. The first kappa shape index (κ1) is 18.6. The Morgan fingerprint density at radius 3 is 2.16 bits per heavy atom. The van der Waals surface area contributed by atoms with E-state index < -0.39 is 0 Å². The molecule has 0 fully saturated rings. The van der Waals surface area contributed by atoms with Gasteiger partial charge in [-0.05, 0) is 54.8 Å². The zero-order chi connectivity index (χ0) is 18.1. The summed E-state index contributed by atoms with van der Waals surface area (Å²) >= 11 is 0. The number of urea groups is 1. The van der Waals surface area contributed by atoms with Gasteiger partial charge in [0.05, 0.1) is 13.2 Å². The van der Waals surface area contributed by atoms with Crippen molar-refractivity contribution in [2.45, 2.75) is 26.7 Å². The molecule has 5 nitrogen and oxygen atoms in total. The van der Waals surface area contributed by atoms with Crippen LogP contribution in [0.2, 0.25) is 0 Å². The van der Waals surface area contributed by atoms with Gasteiger partial charge in [0.1, 0.15) is 18.1 Å². The summed E-state index contributed by atoms with van der Waals surface area (Å²) in [5.74, 6) is 2.09. The van der Waals surface area contributed by atoms with Crippen LogP contribution in [0.15, 0.2) is 48.5 Å². The average molecular weight is 342 g/mol. The van der Waals surface area contributed by atoms with E-state index in [1.165, 1.54) is 5.56 Å². The van der Waals surface area contributed by atoms with Gasteiger partial charge in [-0.2, -0.15) is 0 Å². The van der Waals surface area contributed by atoms with E-state index in [9.17, 15) is 4.79 Å². The maximum Gasteiger partial charge on any atom is 0.319 e. The highest BCUT2D eigenvalue weighted by Crippen LogP contribution is 2.18. The topological polar surface area (TPSA) is 59.6 Å². The highest BCUT2D eigenvalue weighted by molar-refractivity contribution is 5.89. The minimum Gasteiger partial charge on any atom is -0.494 e. The first-order valence-corrected chi connectivity index (χ1v) is 8.59. The summed E-state index contributed by atoms with van der Waals surface area (Å²) in [5.41, 5.74) is 1.99. The third-order valence-corrected chi connectivity index (χ3v) is 3.63. The summed E-state index contributed by atoms with van der Waals surface area (Å²) in [4.78, 5) is 11.8. The minimum absolute atomic E-state index is 0.261. The lowest BCUT2D eigenvalue weighted by molar-refractivity contribution is 0.247. The Bertz CT molecular complexity index is 652. The van der Waals surface area contributed by atoms with Gasteiger partial charge < -0.3 is 20.1 Å². The van der Waals surface area contributed by atoms with Gasteiger partial charge in [0, 0.05) is 5.69 Å². The molecule has 0 spiro atoms. The second kappa shape index (κ2) is 9.57. The second-order valence-corrected chi connectivity index (χ2v) is 5.91. The summed E-state index contributed by atoms with van der Waals surface area (Å²) in [6, 6.07) is 15.0. The van der Waals surface area contributed by atoms with Crippen LogP contribution in [-0.2, 0) is 0 Å². The van der Waals surface area contributed by atoms with Gasteiger partial charge in [-0.3, -0.25) is 0 Å². The molecule has 2 aromatic rings. The Balaban J connectivity index is 1.68. The molecule has 0 radical (unpaired) electrons. The highest BCUT2D eigenvalue weighted by Gasteiger charge is 2.03. The number of rotatable bonds is 8. The van der Waals surface area contributed by atoms with Crippen LogP contribution in [0.5, 0.6) is 11.5 Å². The highest BCUT2D eigenvalue weighted by atomic mass is 16.5. The maximum atomic E-state index is 11.8. The van der Waals surface area contributed by atoms with E-state index in [4.69, 9.17) is 9.47 Å². The molecule has 2 amide bonds. The number of hydrogen-bond acceptors (Lipinski definition) is 3. The summed E-state index contributed by atoms with van der Waals surface area (Å²) in [7, 11) is 0. The Kier molecular flexibility index (Phi) is 7.14. The van der Waals surface area contributed by atoms with Gasteiger partial charge in [-0.15, -0.1) is 0 Å². The van der Waals surface area contributed by atoms with Crippen LogP contribution in [0.1, 0.15) is 32.3 Å². The van der Waals surface area contributed by atoms with E-state index in [0.717, 1.165) is 11.5 Å². The third-order valence-electron chi connectivity index (χ3n) is 3.63. The van der Waals surface area contributed by atoms with E-state index in [1.54, 1.807) is 12.1 Å². The number of ether oxygens (including phenoxy) is 2. The molecule has 0 bridgehead atoms. The average Bonchev–Trinajstić information content (AvgIpc) is 2.61. The normalized spacial score (nSPS) is 10.4. The van der Waals surface area contributed by atoms with E-state index in [-0.39, 0.29) is 6.03 Å². The van der Waals surface area contributed by atoms with Crippen molar-refractivity contribution in [2.24, 2.45) is 0 Å². The zero-order valence-corrected chi connectivity index (χ0v) is 15.0. The van der Waals surface area contributed by atoms with Crippen LogP contribution in [0.25, 0.3) is 0 Å². The molecule has 0 aliphatic carbocycles. The number of anilines is 1. The molecular formula is C20H26N2O3. The van der Waals surface area contributed by atoms with Crippen LogP contribution < -0.4 is 20.1 Å². The first-order chi connectivity index (χ1) is 12.1. The number of nitrogens with one attached hydrogen (secondary N) is 2. The summed E-state index contributed by atoms with van der Waals surface area (Å²) in [6.07, 6.45) is 0. The second-order valence-electron chi connectivity index (χ2n) is 5.91. The number of hydrogen-bond donors (Lipinski definition) is 2. The van der Waals surface area contributed by atoms with Crippen molar-refractivity contribution in [3.8, 4) is 11.5 Å². The molecule has 25 heavy (non-hydrogen) atoms. The van der Waals surface area contributed by atoms with Crippen LogP contribution in [-0.4, -0.2) is 25.8 Å². The lowest BCUT2D eigenvalue weighted by Crippen LogP contribution is -2.32. The number of carbonyl (C=O) groups is 1. The fourth-order valence-corrected chi connectivity index (χ4v) is 2.26. The minimum atomic E-state index is -0.261. The molecule has 0 aliphatic heterocycles. The molecule has 5 heteroatoms. The van der Waals surface area contributed by atoms with E-state index in [0.29, 0.717) is 31.4 Å². The Morgan fingerprint density at radius 1 is 0.960 bits per heavy atom. The van der Waals surface area contributed by atoms with Gasteiger partial charge in [0.2, 0.25) is 0 Å². The smallest absolute Gasteiger partial charge is 0.319 e. The number of amides is 2. The molecule has 0 heterocycles. The Morgan fingerprint density at radius 2 is 1.56 bits per heavy atom. The van der Waals surface area contributed by atoms with Crippen molar-refractivity contribution in [2.75, 3.05) is 25.1 Å². The molecule has 0 unspecified atom stereocenters. The largest absolute Gasteiger partial charge is 0.494 e. The van der Waals surface area contributed by atoms with Crippen LogP contribution >= 0.6 is 0 Å². The molecule has 0 saturated heterocycles. The summed E-state index contributed by atoms with van der Waals surface area (Å²) in [5, 5.41) is 5.53. The number of benzene rings is 2. The Hall–Kier alpha value is -2.69. The SMILES string of the molecule is CCOc1ccc(NC(=O)NCCOc2ccc(C(C)C)cc2)cc1. The predicted molar refractivity (Wildman–Crippen MR) is 101 cm³/mol. The third kappa shape index (κ3) is 6.37. The predicted octanol–water partition coefficient (Wildman–Crippen LogP) is 4.41. The van der Waals surface area contributed by atoms with Gasteiger partial charge in [-0.25, -0.2) is 4.79 Å². The standard InChI is InChI=1S/C20H26N2O3/c1-4-24-18-11-7-17(8-12-18)22-20(23)21-13-14-25-19-9-5-16(6-10-19)15(2)3/h5-12,15H,4,13-14H2,1-3H3,(H2,21,22,23). The van der Waals surface area contributed by atoms with Gasteiger partial charge in [0.25, 0.3) is 0 Å². The number of carbonyl (C=O) groups excluding carboxylic acids is 1. The van der Waals surface area contributed by atoms with Gasteiger partial charge in [0.15, 0.2) is 0 Å². The van der Waals surface area contributed by atoms with Crippen molar-refractivity contribution in [3.05, 3.63) is 54.1 Å². The molecular weight excluding hydrogens is 316 g/mol. The van der Waals surface area contributed by atoms with Crippen molar-refractivity contribution >= 4 is 11.7 Å². The van der Waals surface area contributed by atoms with Crippen LogP contribution in [0, 0.1) is 0 Å². The summed E-state index contributed by atoms with van der Waals surface area (Å²) < 4.78 is 11.0. The molecule has 2 N–H and O–H groups in total. The molecule has 0 saturated carbocycles. The van der Waals surface area contributed by atoms with E-state index in [2.05, 4.69) is 36.6 Å². The Labute approximate surface area is 149 Å². The van der Waals surface area contributed by atoms with Gasteiger partial charge >= 0.3 is 6.03 Å². The van der Waals surface area contributed by atoms with Crippen molar-refractivity contribution < 1.29 is 14.3 Å². The molecule has 2 rings (SSSR count). The van der Waals surface area contributed by atoms with Crippen molar-refractivity contribution in [1.29, 1.82) is 0 Å².